The van der Waals surface area contributed by atoms with Gasteiger partial charge < -0.3 is 15.2 Å². The fourth-order valence-electron chi connectivity index (χ4n) is 1.74. The monoisotopic (exact) mass is 292 g/mol. The maximum atomic E-state index is 11.9. The molecule has 1 aromatic heterocycles. The number of nitrogens with zero attached hydrogens (tertiary/aromatic N) is 1. The predicted molar refractivity (Wildman–Crippen MR) is 79.1 cm³/mol. The number of hydrogen-bond donors (Lipinski definition) is 1. The molecule has 0 aliphatic carbocycles. The normalized spacial score (nSPS) is 10.3. The van der Waals surface area contributed by atoms with Crippen LogP contribution in [0.5, 0.6) is 5.75 Å². The van der Waals surface area contributed by atoms with E-state index in [1.165, 1.54) is 0 Å². The number of carbonyl (C=O) groups is 1. The largest absolute Gasteiger partial charge is 0.494 e. The molecule has 0 atom stereocenters. The molecule has 0 bridgehead atoms. The second-order valence-corrected chi connectivity index (χ2v) is 4.94. The molecule has 5 nitrogen and oxygen atoms in total. The van der Waals surface area contributed by atoms with Crippen molar-refractivity contribution in [1.29, 1.82) is 0 Å². The van der Waals surface area contributed by atoms with Gasteiger partial charge in [-0.3, -0.25) is 0 Å². The van der Waals surface area contributed by atoms with Crippen molar-refractivity contribution >= 4 is 22.4 Å². The first-order valence-electron chi connectivity index (χ1n) is 6.32. The predicted octanol–water partition coefficient (Wildman–Crippen LogP) is 2.97. The van der Waals surface area contributed by atoms with E-state index in [0.717, 1.165) is 22.6 Å². The van der Waals surface area contributed by atoms with Crippen LogP contribution in [0.3, 0.4) is 0 Å². The zero-order chi connectivity index (χ0) is 14.5. The minimum atomic E-state index is -0.398. The smallest absolute Gasteiger partial charge is 0.350 e. The molecular weight excluding hydrogens is 276 g/mol. The van der Waals surface area contributed by atoms with E-state index >= 15 is 0 Å². The number of anilines is 1. The van der Waals surface area contributed by atoms with E-state index in [1.807, 2.05) is 31.2 Å². The lowest BCUT2D eigenvalue weighted by molar-refractivity contribution is 0.0532. The van der Waals surface area contributed by atoms with Gasteiger partial charge in [-0.05, 0) is 38.1 Å². The standard InChI is InChI=1S/C14H16N2O3S/c1-3-18-10-7-5-9(6-8-10)11-12(13(17)19-4-2)20-14(15)16-11/h5-8H,3-4H2,1-2H3,(H2,15,16). The Balaban J connectivity index is 2.34. The molecule has 0 unspecified atom stereocenters. The number of ether oxygens (including phenoxy) is 2. The van der Waals surface area contributed by atoms with Gasteiger partial charge in [-0.15, -0.1) is 0 Å². The Morgan fingerprint density at radius 3 is 2.55 bits per heavy atom. The number of nitrogen functional groups attached to an aromatic ring is 1. The Morgan fingerprint density at radius 2 is 1.95 bits per heavy atom. The van der Waals surface area contributed by atoms with Crippen molar-refractivity contribution in [2.45, 2.75) is 13.8 Å². The van der Waals surface area contributed by atoms with Crippen molar-refractivity contribution in [3.8, 4) is 17.0 Å². The summed E-state index contributed by atoms with van der Waals surface area (Å²) in [4.78, 5) is 16.5. The van der Waals surface area contributed by atoms with E-state index in [2.05, 4.69) is 4.98 Å². The van der Waals surface area contributed by atoms with Crippen LogP contribution in [0.4, 0.5) is 5.13 Å². The van der Waals surface area contributed by atoms with Crippen LogP contribution in [0.15, 0.2) is 24.3 Å². The van der Waals surface area contributed by atoms with Gasteiger partial charge >= 0.3 is 5.97 Å². The zero-order valence-corrected chi connectivity index (χ0v) is 12.2. The van der Waals surface area contributed by atoms with Crippen molar-refractivity contribution in [2.75, 3.05) is 18.9 Å². The summed E-state index contributed by atoms with van der Waals surface area (Å²) in [5.41, 5.74) is 7.06. The van der Waals surface area contributed by atoms with E-state index in [9.17, 15) is 4.79 Å². The van der Waals surface area contributed by atoms with E-state index in [1.54, 1.807) is 6.92 Å². The molecule has 2 N–H and O–H groups in total. The lowest BCUT2D eigenvalue weighted by atomic mass is 10.1. The van der Waals surface area contributed by atoms with Crippen LogP contribution in [0, 0.1) is 0 Å². The first-order valence-corrected chi connectivity index (χ1v) is 7.14. The zero-order valence-electron chi connectivity index (χ0n) is 11.4. The first-order chi connectivity index (χ1) is 9.65. The SMILES string of the molecule is CCOC(=O)c1sc(N)nc1-c1ccc(OCC)cc1. The van der Waals surface area contributed by atoms with Crippen molar-refractivity contribution < 1.29 is 14.3 Å². The van der Waals surface area contributed by atoms with E-state index in [0.29, 0.717) is 28.9 Å². The Bertz CT molecular complexity index is 593. The molecule has 0 aliphatic rings. The van der Waals surface area contributed by atoms with Gasteiger partial charge in [0.2, 0.25) is 0 Å². The summed E-state index contributed by atoms with van der Waals surface area (Å²) in [5, 5.41) is 0.344. The van der Waals surface area contributed by atoms with Gasteiger partial charge in [0.25, 0.3) is 0 Å². The van der Waals surface area contributed by atoms with Crippen LogP contribution in [0.25, 0.3) is 11.3 Å². The Labute approximate surface area is 121 Å². The lowest BCUT2D eigenvalue weighted by Crippen LogP contribution is -2.04. The number of thiazole rings is 1. The number of carbonyl (C=O) groups excluding carboxylic acids is 1. The molecule has 0 aliphatic heterocycles. The fraction of sp³-hybridized carbons (Fsp3) is 0.286. The van der Waals surface area contributed by atoms with Crippen LogP contribution in [-0.4, -0.2) is 24.2 Å². The van der Waals surface area contributed by atoms with Gasteiger partial charge in [-0.25, -0.2) is 9.78 Å². The second kappa shape index (κ2) is 6.38. The minimum absolute atomic E-state index is 0.319. The average Bonchev–Trinajstić information content (AvgIpc) is 2.82. The topological polar surface area (TPSA) is 74.4 Å². The average molecular weight is 292 g/mol. The number of hydrogen-bond acceptors (Lipinski definition) is 6. The summed E-state index contributed by atoms with van der Waals surface area (Å²) in [6.07, 6.45) is 0. The van der Waals surface area contributed by atoms with Crippen LogP contribution in [-0.2, 0) is 4.74 Å². The highest BCUT2D eigenvalue weighted by Gasteiger charge is 2.19. The molecule has 1 aromatic carbocycles. The molecule has 2 aromatic rings. The van der Waals surface area contributed by atoms with Crippen LogP contribution in [0.2, 0.25) is 0 Å². The number of esters is 1. The molecular formula is C14H16N2O3S. The van der Waals surface area contributed by atoms with Gasteiger partial charge in [0, 0.05) is 5.56 Å². The fourth-order valence-corrected chi connectivity index (χ4v) is 2.49. The summed E-state index contributed by atoms with van der Waals surface area (Å²) < 4.78 is 10.4. The summed E-state index contributed by atoms with van der Waals surface area (Å²) in [7, 11) is 0. The molecule has 106 valence electrons. The molecule has 0 saturated carbocycles. The van der Waals surface area contributed by atoms with E-state index < -0.39 is 5.97 Å². The van der Waals surface area contributed by atoms with Crippen molar-refractivity contribution in [3.05, 3.63) is 29.1 Å². The van der Waals surface area contributed by atoms with E-state index in [-0.39, 0.29) is 0 Å². The minimum Gasteiger partial charge on any atom is -0.494 e. The summed E-state index contributed by atoms with van der Waals surface area (Å²) in [5.74, 6) is 0.378. The van der Waals surface area contributed by atoms with Crippen LogP contribution in [0.1, 0.15) is 23.5 Å². The number of rotatable bonds is 5. The van der Waals surface area contributed by atoms with Crippen LogP contribution >= 0.6 is 11.3 Å². The number of benzene rings is 1. The molecule has 2 rings (SSSR count). The maximum absolute atomic E-state index is 11.9. The van der Waals surface area contributed by atoms with Gasteiger partial charge in [-0.2, -0.15) is 0 Å². The van der Waals surface area contributed by atoms with Gasteiger partial charge in [-0.1, -0.05) is 11.3 Å². The summed E-state index contributed by atoms with van der Waals surface area (Å²) in [6.45, 7) is 4.61. The molecule has 0 radical (unpaired) electrons. The Hall–Kier alpha value is -2.08. The highest BCUT2D eigenvalue weighted by Crippen LogP contribution is 2.31. The number of nitrogens with two attached hydrogens (primary N) is 1. The highest BCUT2D eigenvalue weighted by molar-refractivity contribution is 7.17. The Kier molecular flexibility index (Phi) is 4.57. The third kappa shape index (κ3) is 3.08. The third-order valence-electron chi connectivity index (χ3n) is 2.54. The third-order valence-corrected chi connectivity index (χ3v) is 3.41. The summed E-state index contributed by atoms with van der Waals surface area (Å²) in [6, 6.07) is 7.37. The lowest BCUT2D eigenvalue weighted by Gasteiger charge is -2.05. The molecule has 1 heterocycles. The molecule has 0 fully saturated rings. The molecule has 20 heavy (non-hydrogen) atoms. The molecule has 0 amide bonds. The molecule has 6 heteroatoms. The second-order valence-electron chi connectivity index (χ2n) is 3.91. The van der Waals surface area contributed by atoms with Crippen LogP contribution < -0.4 is 10.5 Å². The summed E-state index contributed by atoms with van der Waals surface area (Å²) >= 11 is 1.13. The van der Waals surface area contributed by atoms with Gasteiger partial charge in [0.05, 0.1) is 18.9 Å². The molecule has 0 spiro atoms. The van der Waals surface area contributed by atoms with Crippen molar-refractivity contribution in [1.82, 2.24) is 4.98 Å². The number of aromatic nitrogens is 1. The van der Waals surface area contributed by atoms with Gasteiger partial charge in [0.15, 0.2) is 5.13 Å². The highest BCUT2D eigenvalue weighted by atomic mass is 32.1. The van der Waals surface area contributed by atoms with E-state index in [4.69, 9.17) is 15.2 Å². The first kappa shape index (κ1) is 14.3. The Morgan fingerprint density at radius 1 is 1.25 bits per heavy atom. The van der Waals surface area contributed by atoms with Crippen molar-refractivity contribution in [3.63, 3.8) is 0 Å². The maximum Gasteiger partial charge on any atom is 0.350 e. The van der Waals surface area contributed by atoms with Crippen molar-refractivity contribution in [2.24, 2.45) is 0 Å². The quantitative estimate of drug-likeness (QED) is 0.857. The molecule has 0 saturated heterocycles. The van der Waals surface area contributed by atoms with Gasteiger partial charge in [0.1, 0.15) is 10.6 Å².